The quantitative estimate of drug-likeness (QED) is 0.0896. The molecule has 0 saturated heterocycles. The number of benzene rings is 3. The van der Waals surface area contributed by atoms with Gasteiger partial charge >= 0.3 is 0 Å². The summed E-state index contributed by atoms with van der Waals surface area (Å²) in [6.45, 7) is 4.18. The zero-order valence-electron chi connectivity index (χ0n) is 21.5. The van der Waals surface area contributed by atoms with Gasteiger partial charge in [0.2, 0.25) is 0 Å². The fourth-order valence-electron chi connectivity index (χ4n) is 3.98. The number of hydrazine groups is 1. The summed E-state index contributed by atoms with van der Waals surface area (Å²) in [7, 11) is 1.81. The highest BCUT2D eigenvalue weighted by Gasteiger charge is 2.16. The second-order valence-corrected chi connectivity index (χ2v) is 8.63. The first-order chi connectivity index (χ1) is 17.9. The van der Waals surface area contributed by atoms with E-state index in [1.54, 1.807) is 25.4 Å². The van der Waals surface area contributed by atoms with Gasteiger partial charge in [-0.3, -0.25) is 14.8 Å². The van der Waals surface area contributed by atoms with Crippen LogP contribution in [0, 0.1) is 0 Å². The maximum absolute atomic E-state index is 11.8. The number of ether oxygens (including phenoxy) is 1. The van der Waals surface area contributed by atoms with Gasteiger partial charge in [-0.2, -0.15) is 0 Å². The summed E-state index contributed by atoms with van der Waals surface area (Å²) < 4.78 is 6.00. The summed E-state index contributed by atoms with van der Waals surface area (Å²) in [5.74, 6) is 6.54. The second kappa shape index (κ2) is 13.3. The number of nitrogens with two attached hydrogens (primary N) is 1. The lowest BCUT2D eigenvalue weighted by atomic mass is 9.98. The second-order valence-electron chi connectivity index (χ2n) is 8.63. The van der Waals surface area contributed by atoms with Crippen molar-refractivity contribution in [3.63, 3.8) is 0 Å². The van der Waals surface area contributed by atoms with E-state index in [1.807, 2.05) is 55.5 Å². The van der Waals surface area contributed by atoms with E-state index in [4.69, 9.17) is 10.6 Å². The number of nitrogens with zero attached hydrogens (tertiary/aromatic N) is 1. The Hall–Kier alpha value is -4.01. The van der Waals surface area contributed by atoms with Gasteiger partial charge in [-0.15, -0.1) is 0 Å². The molecule has 0 aliphatic carbocycles. The zero-order valence-corrected chi connectivity index (χ0v) is 21.5. The Morgan fingerprint density at radius 1 is 1.16 bits per heavy atom. The Kier molecular flexibility index (Phi) is 9.94. The molecule has 0 aliphatic rings. The number of carbonyl (C=O) groups is 1. The van der Waals surface area contributed by atoms with E-state index >= 15 is 0 Å². The molecule has 0 saturated carbocycles. The minimum absolute atomic E-state index is 0.00856. The Labute approximate surface area is 217 Å². The molecule has 3 aromatic carbocycles. The number of Topliss-reactive ketones (excluding diaryl/α,β-unsaturated/α-hetero) is 1. The average Bonchev–Trinajstić information content (AvgIpc) is 2.91. The summed E-state index contributed by atoms with van der Waals surface area (Å²) in [5, 5.41) is 21.5. The number of aromatic hydroxyl groups is 1. The highest BCUT2D eigenvalue weighted by atomic mass is 16.5. The number of phenols is 1. The van der Waals surface area contributed by atoms with Crippen LogP contribution in [0.4, 0.5) is 0 Å². The van der Waals surface area contributed by atoms with E-state index in [1.165, 1.54) is 6.92 Å². The van der Waals surface area contributed by atoms with Gasteiger partial charge in [0.15, 0.2) is 12.0 Å². The molecule has 0 aliphatic heterocycles. The number of hydrogen-bond acceptors (Lipinski definition) is 6. The van der Waals surface area contributed by atoms with Crippen LogP contribution in [-0.4, -0.2) is 41.6 Å². The first-order valence-electron chi connectivity index (χ1n) is 12.2. The van der Waals surface area contributed by atoms with Gasteiger partial charge in [0.25, 0.3) is 0 Å². The Morgan fingerprint density at radius 3 is 2.57 bits per heavy atom. The van der Waals surface area contributed by atoms with Gasteiger partial charge in [0, 0.05) is 11.1 Å². The fraction of sp³-hybridized carbons (Fsp3) is 0.276. The Bertz CT molecular complexity index is 1270. The average molecular weight is 504 g/mol. The van der Waals surface area contributed by atoms with Crippen molar-refractivity contribution in [1.29, 1.82) is 0 Å². The number of rotatable bonds is 11. The molecule has 0 fully saturated rings. The van der Waals surface area contributed by atoms with Crippen molar-refractivity contribution in [1.82, 2.24) is 5.43 Å². The molecule has 0 heterocycles. The van der Waals surface area contributed by atoms with E-state index in [2.05, 4.69) is 15.4 Å². The van der Waals surface area contributed by atoms with Crippen LogP contribution in [0.25, 0.3) is 0 Å². The number of aliphatic imine (C=N–C) groups is 1. The number of nitrogens with one attached hydrogen (secondary N) is 2. The largest absolute Gasteiger partial charge is 0.507 e. The van der Waals surface area contributed by atoms with Gasteiger partial charge in [-0.1, -0.05) is 55.8 Å². The molecule has 3 aromatic rings. The molecule has 194 valence electrons. The third kappa shape index (κ3) is 7.03. The van der Waals surface area contributed by atoms with Crippen LogP contribution < -0.4 is 21.0 Å². The SMILES string of the molecule is CCCc1c(OCc2ccc(C(O)c3cccc(C(=NCC=[NH+]C)NN)c3)cc2)ccc(C(C)=O)c1O. The molecule has 3 rings (SSSR count). The topological polar surface area (TPSA) is 131 Å². The lowest BCUT2D eigenvalue weighted by Gasteiger charge is -2.16. The number of aliphatic hydroxyl groups is 1. The van der Waals surface area contributed by atoms with Gasteiger partial charge < -0.3 is 20.4 Å². The van der Waals surface area contributed by atoms with Gasteiger partial charge in [0.1, 0.15) is 43.6 Å². The number of ketones is 1. The minimum atomic E-state index is -0.829. The van der Waals surface area contributed by atoms with E-state index in [9.17, 15) is 15.0 Å². The summed E-state index contributed by atoms with van der Waals surface area (Å²) in [5.41, 5.74) is 6.69. The molecule has 37 heavy (non-hydrogen) atoms. The van der Waals surface area contributed by atoms with Crippen molar-refractivity contribution in [3.8, 4) is 11.5 Å². The lowest BCUT2D eigenvalue weighted by Crippen LogP contribution is -2.63. The van der Waals surface area contributed by atoms with Crippen molar-refractivity contribution in [3.05, 3.63) is 94.0 Å². The third-order valence-corrected chi connectivity index (χ3v) is 5.97. The Morgan fingerprint density at radius 2 is 1.92 bits per heavy atom. The molecule has 0 bridgehead atoms. The monoisotopic (exact) mass is 503 g/mol. The minimum Gasteiger partial charge on any atom is -0.507 e. The standard InChI is InChI=1S/C29H34N4O4/c1-4-6-25-26(14-13-24(19(2)34)28(25)36)37-18-20-9-11-21(12-10-20)27(35)22-7-5-8-23(17-22)29(33-30)32-16-15-31-3/h5,7-15,17,27,35-36H,4,6,16,18,30H2,1-3H3,(H,32,33)/p+1. The fourth-order valence-corrected chi connectivity index (χ4v) is 3.98. The first kappa shape index (κ1) is 27.6. The van der Waals surface area contributed by atoms with Crippen molar-refractivity contribution >= 4 is 17.8 Å². The van der Waals surface area contributed by atoms with Crippen molar-refractivity contribution in [2.75, 3.05) is 13.6 Å². The van der Waals surface area contributed by atoms with Crippen LogP contribution >= 0.6 is 0 Å². The van der Waals surface area contributed by atoms with Crippen LogP contribution in [0.15, 0.2) is 65.7 Å². The first-order valence-corrected chi connectivity index (χ1v) is 12.2. The van der Waals surface area contributed by atoms with Gasteiger partial charge in [-0.25, -0.2) is 5.84 Å². The number of carbonyl (C=O) groups excluding carboxylic acids is 1. The highest BCUT2D eigenvalue weighted by Crippen LogP contribution is 2.33. The molecular formula is C29H35N4O4+. The molecule has 1 unspecified atom stereocenters. The van der Waals surface area contributed by atoms with Gasteiger partial charge in [0.05, 0.1) is 5.56 Å². The van der Waals surface area contributed by atoms with Crippen LogP contribution in [0.2, 0.25) is 0 Å². The van der Waals surface area contributed by atoms with E-state index in [0.29, 0.717) is 41.2 Å². The molecule has 6 N–H and O–H groups in total. The van der Waals surface area contributed by atoms with Crippen LogP contribution in [-0.2, 0) is 13.0 Å². The molecule has 0 aromatic heterocycles. The zero-order chi connectivity index (χ0) is 26.8. The molecule has 8 nitrogen and oxygen atoms in total. The predicted molar refractivity (Wildman–Crippen MR) is 145 cm³/mol. The number of hydrogen-bond donors (Lipinski definition) is 5. The maximum Gasteiger partial charge on any atom is 0.163 e. The molecule has 0 radical (unpaired) electrons. The van der Waals surface area contributed by atoms with Crippen LogP contribution in [0.3, 0.4) is 0 Å². The summed E-state index contributed by atoms with van der Waals surface area (Å²) in [6, 6.07) is 18.3. The number of amidine groups is 1. The summed E-state index contributed by atoms with van der Waals surface area (Å²) in [6.07, 6.45) is 2.38. The van der Waals surface area contributed by atoms with E-state index in [0.717, 1.165) is 23.1 Å². The van der Waals surface area contributed by atoms with Crippen molar-refractivity contribution in [2.24, 2.45) is 10.8 Å². The normalized spacial score (nSPS) is 12.5. The highest BCUT2D eigenvalue weighted by molar-refractivity contribution is 5.99. The summed E-state index contributed by atoms with van der Waals surface area (Å²) >= 11 is 0. The third-order valence-electron chi connectivity index (χ3n) is 5.97. The molecule has 1 atom stereocenters. The van der Waals surface area contributed by atoms with E-state index < -0.39 is 6.10 Å². The number of aliphatic hydroxyl groups excluding tert-OH is 1. The molecule has 0 spiro atoms. The van der Waals surface area contributed by atoms with E-state index in [-0.39, 0.29) is 18.1 Å². The molecule has 0 amide bonds. The van der Waals surface area contributed by atoms with Gasteiger partial charge in [-0.05, 0) is 48.2 Å². The van der Waals surface area contributed by atoms with Crippen LogP contribution in [0.5, 0.6) is 11.5 Å². The summed E-state index contributed by atoms with van der Waals surface area (Å²) in [4.78, 5) is 19.1. The van der Waals surface area contributed by atoms with Crippen molar-refractivity contribution < 1.29 is 24.7 Å². The Balaban J connectivity index is 1.73. The smallest absolute Gasteiger partial charge is 0.163 e. The van der Waals surface area contributed by atoms with Crippen molar-refractivity contribution in [2.45, 2.75) is 39.4 Å². The maximum atomic E-state index is 11.8. The lowest BCUT2D eigenvalue weighted by molar-refractivity contribution is -0.414. The molecule has 8 heteroatoms. The molecular weight excluding hydrogens is 468 g/mol. The number of phenolic OH excluding ortho intramolecular Hbond substituents is 1. The predicted octanol–water partition coefficient (Wildman–Crippen LogP) is 2.20. The van der Waals surface area contributed by atoms with Crippen LogP contribution in [0.1, 0.15) is 64.5 Å².